The zero-order valence-electron chi connectivity index (χ0n) is 11.0. The maximum atomic E-state index is 12.1. The lowest BCUT2D eigenvalue weighted by Crippen LogP contribution is -2.35. The summed E-state index contributed by atoms with van der Waals surface area (Å²) in [6.45, 7) is 3.30. The maximum absolute atomic E-state index is 12.1. The standard InChI is InChI=1S/C13H15N3O3/c1-8(6-7-14)16(3)12(17)11-5-4-10(13(18)19)9(2)15-11/h4-5,8H,6H2,1-3H3,(H,18,19). The number of amides is 1. The summed E-state index contributed by atoms with van der Waals surface area (Å²) in [5, 5.41) is 17.5. The van der Waals surface area contributed by atoms with Gasteiger partial charge in [-0.25, -0.2) is 9.78 Å². The van der Waals surface area contributed by atoms with Crippen LogP contribution in [0, 0.1) is 18.3 Å². The third-order valence-electron chi connectivity index (χ3n) is 2.90. The van der Waals surface area contributed by atoms with E-state index in [4.69, 9.17) is 10.4 Å². The van der Waals surface area contributed by atoms with E-state index in [-0.39, 0.29) is 29.6 Å². The van der Waals surface area contributed by atoms with E-state index in [0.29, 0.717) is 5.69 Å². The monoisotopic (exact) mass is 261 g/mol. The predicted molar refractivity (Wildman–Crippen MR) is 67.7 cm³/mol. The average molecular weight is 261 g/mol. The van der Waals surface area contributed by atoms with Crippen molar-refractivity contribution in [2.45, 2.75) is 26.3 Å². The summed E-state index contributed by atoms with van der Waals surface area (Å²) < 4.78 is 0. The minimum atomic E-state index is -1.07. The van der Waals surface area contributed by atoms with Gasteiger partial charge in [0.25, 0.3) is 5.91 Å². The number of aromatic carboxylic acids is 1. The largest absolute Gasteiger partial charge is 0.478 e. The van der Waals surface area contributed by atoms with Gasteiger partial charge in [-0.2, -0.15) is 5.26 Å². The van der Waals surface area contributed by atoms with Crippen molar-refractivity contribution in [2.75, 3.05) is 7.05 Å². The van der Waals surface area contributed by atoms with Gasteiger partial charge in [-0.05, 0) is 26.0 Å². The van der Waals surface area contributed by atoms with Crippen molar-refractivity contribution in [1.82, 2.24) is 9.88 Å². The lowest BCUT2D eigenvalue weighted by molar-refractivity contribution is 0.0690. The molecule has 0 aromatic carbocycles. The van der Waals surface area contributed by atoms with E-state index in [1.807, 2.05) is 6.07 Å². The Morgan fingerprint density at radius 3 is 2.63 bits per heavy atom. The third kappa shape index (κ3) is 3.28. The second-order valence-electron chi connectivity index (χ2n) is 4.26. The predicted octanol–water partition coefficient (Wildman–Crippen LogP) is 1.46. The van der Waals surface area contributed by atoms with Crippen LogP contribution in [0.25, 0.3) is 0 Å². The molecule has 0 aliphatic heterocycles. The van der Waals surface area contributed by atoms with Gasteiger partial charge in [0.2, 0.25) is 0 Å². The van der Waals surface area contributed by atoms with Crippen LogP contribution in [0.3, 0.4) is 0 Å². The number of pyridine rings is 1. The second-order valence-corrected chi connectivity index (χ2v) is 4.26. The smallest absolute Gasteiger partial charge is 0.337 e. The van der Waals surface area contributed by atoms with Crippen LogP contribution >= 0.6 is 0 Å². The first-order valence-corrected chi connectivity index (χ1v) is 5.73. The zero-order valence-corrected chi connectivity index (χ0v) is 11.0. The van der Waals surface area contributed by atoms with Crippen LogP contribution < -0.4 is 0 Å². The minimum Gasteiger partial charge on any atom is -0.478 e. The van der Waals surface area contributed by atoms with Crippen LogP contribution in [0.4, 0.5) is 0 Å². The van der Waals surface area contributed by atoms with E-state index >= 15 is 0 Å². The second kappa shape index (κ2) is 5.96. The number of nitrogens with zero attached hydrogens (tertiary/aromatic N) is 3. The zero-order chi connectivity index (χ0) is 14.6. The Morgan fingerprint density at radius 1 is 1.53 bits per heavy atom. The van der Waals surface area contributed by atoms with Crippen LogP contribution in [0.2, 0.25) is 0 Å². The summed E-state index contributed by atoms with van der Waals surface area (Å²) in [7, 11) is 1.59. The van der Waals surface area contributed by atoms with Crippen LogP contribution in [-0.4, -0.2) is 40.0 Å². The van der Waals surface area contributed by atoms with Crippen LogP contribution in [0.5, 0.6) is 0 Å². The fourth-order valence-corrected chi connectivity index (χ4v) is 1.56. The number of carbonyl (C=O) groups excluding carboxylic acids is 1. The SMILES string of the molecule is Cc1nc(C(=O)N(C)C(C)CC#N)ccc1C(=O)O. The molecule has 0 aliphatic rings. The molecule has 1 aromatic heterocycles. The summed E-state index contributed by atoms with van der Waals surface area (Å²) in [4.78, 5) is 28.4. The summed E-state index contributed by atoms with van der Waals surface area (Å²) in [6.07, 6.45) is 0.231. The molecule has 1 aromatic rings. The van der Waals surface area contributed by atoms with Crippen molar-refractivity contribution >= 4 is 11.9 Å². The molecule has 0 spiro atoms. The van der Waals surface area contributed by atoms with E-state index in [1.54, 1.807) is 20.9 Å². The third-order valence-corrected chi connectivity index (χ3v) is 2.90. The van der Waals surface area contributed by atoms with E-state index in [2.05, 4.69) is 4.98 Å². The van der Waals surface area contributed by atoms with Crippen LogP contribution in [-0.2, 0) is 0 Å². The number of nitriles is 1. The summed E-state index contributed by atoms with van der Waals surface area (Å²) >= 11 is 0. The van der Waals surface area contributed by atoms with Crippen molar-refractivity contribution in [3.8, 4) is 6.07 Å². The molecule has 1 rings (SSSR count). The molecule has 0 bridgehead atoms. The van der Waals surface area contributed by atoms with Crippen LogP contribution in [0.15, 0.2) is 12.1 Å². The van der Waals surface area contributed by atoms with Gasteiger partial charge in [0.15, 0.2) is 0 Å². The van der Waals surface area contributed by atoms with Gasteiger partial charge in [0.05, 0.1) is 23.7 Å². The van der Waals surface area contributed by atoms with Gasteiger partial charge in [-0.1, -0.05) is 0 Å². The van der Waals surface area contributed by atoms with E-state index in [9.17, 15) is 9.59 Å². The van der Waals surface area contributed by atoms with E-state index in [1.165, 1.54) is 17.0 Å². The number of carboxylic acid groups (broad SMARTS) is 1. The van der Waals surface area contributed by atoms with Gasteiger partial charge in [-0.3, -0.25) is 4.79 Å². The Morgan fingerprint density at radius 2 is 2.16 bits per heavy atom. The highest BCUT2D eigenvalue weighted by atomic mass is 16.4. The molecule has 6 heteroatoms. The van der Waals surface area contributed by atoms with Crippen molar-refractivity contribution < 1.29 is 14.7 Å². The molecular formula is C13H15N3O3. The molecule has 1 atom stereocenters. The number of rotatable bonds is 4. The lowest BCUT2D eigenvalue weighted by atomic mass is 10.1. The number of hydrogen-bond donors (Lipinski definition) is 1. The molecule has 19 heavy (non-hydrogen) atoms. The highest BCUT2D eigenvalue weighted by molar-refractivity contribution is 5.94. The molecule has 6 nitrogen and oxygen atoms in total. The Labute approximate surface area is 111 Å². The number of aryl methyl sites for hydroxylation is 1. The summed E-state index contributed by atoms with van der Waals surface area (Å²) in [5.74, 6) is -1.40. The normalized spacial score (nSPS) is 11.5. The first kappa shape index (κ1) is 14.6. The molecule has 1 unspecified atom stereocenters. The van der Waals surface area contributed by atoms with Gasteiger partial charge in [0, 0.05) is 13.1 Å². The molecule has 0 saturated heterocycles. The molecular weight excluding hydrogens is 246 g/mol. The first-order chi connectivity index (χ1) is 8.88. The fourth-order valence-electron chi connectivity index (χ4n) is 1.56. The van der Waals surface area contributed by atoms with Gasteiger partial charge >= 0.3 is 5.97 Å². The summed E-state index contributed by atoms with van der Waals surface area (Å²) in [5.41, 5.74) is 0.541. The van der Waals surface area contributed by atoms with E-state index in [0.717, 1.165) is 0 Å². The first-order valence-electron chi connectivity index (χ1n) is 5.73. The Bertz CT molecular complexity index is 549. The highest BCUT2D eigenvalue weighted by Crippen LogP contribution is 2.11. The molecule has 1 N–H and O–H groups in total. The Kier molecular flexibility index (Phi) is 4.59. The molecule has 0 fully saturated rings. The number of aromatic nitrogens is 1. The lowest BCUT2D eigenvalue weighted by Gasteiger charge is -2.22. The fraction of sp³-hybridized carbons (Fsp3) is 0.385. The Hall–Kier alpha value is -2.42. The molecule has 0 aliphatic carbocycles. The van der Waals surface area contributed by atoms with Crippen molar-refractivity contribution in [1.29, 1.82) is 5.26 Å². The van der Waals surface area contributed by atoms with Gasteiger partial charge < -0.3 is 10.0 Å². The molecule has 0 saturated carbocycles. The molecule has 0 radical (unpaired) electrons. The minimum absolute atomic E-state index is 0.0734. The quantitative estimate of drug-likeness (QED) is 0.885. The number of hydrogen-bond acceptors (Lipinski definition) is 4. The van der Waals surface area contributed by atoms with Crippen molar-refractivity contribution in [3.05, 3.63) is 29.1 Å². The topological polar surface area (TPSA) is 94.3 Å². The van der Waals surface area contributed by atoms with Gasteiger partial charge in [-0.15, -0.1) is 0 Å². The number of carboxylic acids is 1. The molecule has 1 amide bonds. The van der Waals surface area contributed by atoms with Gasteiger partial charge in [0.1, 0.15) is 5.69 Å². The number of carbonyl (C=O) groups is 2. The van der Waals surface area contributed by atoms with Crippen molar-refractivity contribution in [3.63, 3.8) is 0 Å². The Balaban J connectivity index is 2.98. The molecule has 100 valence electrons. The molecule has 1 heterocycles. The van der Waals surface area contributed by atoms with Crippen LogP contribution in [0.1, 0.15) is 39.9 Å². The summed E-state index contributed by atoms with van der Waals surface area (Å²) in [6, 6.07) is 4.52. The maximum Gasteiger partial charge on any atom is 0.337 e. The highest BCUT2D eigenvalue weighted by Gasteiger charge is 2.19. The average Bonchev–Trinajstić information content (AvgIpc) is 2.36. The van der Waals surface area contributed by atoms with E-state index < -0.39 is 5.97 Å². The van der Waals surface area contributed by atoms with Crippen molar-refractivity contribution in [2.24, 2.45) is 0 Å².